The van der Waals surface area contributed by atoms with E-state index in [0.29, 0.717) is 19.5 Å². The van der Waals surface area contributed by atoms with E-state index in [9.17, 15) is 9.59 Å². The van der Waals surface area contributed by atoms with Crippen LogP contribution in [0.2, 0.25) is 0 Å². The quantitative estimate of drug-likeness (QED) is 0.737. The van der Waals surface area contributed by atoms with Crippen molar-refractivity contribution in [1.29, 1.82) is 0 Å². The van der Waals surface area contributed by atoms with Crippen molar-refractivity contribution in [3.8, 4) is 5.75 Å². The molecular weight excluding hydrogens is 316 g/mol. The summed E-state index contributed by atoms with van der Waals surface area (Å²) in [5.74, 6) is 1.12. The van der Waals surface area contributed by atoms with Crippen LogP contribution in [0.3, 0.4) is 0 Å². The van der Waals surface area contributed by atoms with Gasteiger partial charge in [0, 0.05) is 25.6 Å². The standard InChI is InChI=1S/C20H30N2O3/c1-3-4-5-12-21-20(24)17-10-13-22(14-11-17)19(23)15-16-6-8-18(25-2)9-7-16/h6-9,17H,3-5,10-15H2,1-2H3,(H,21,24). The number of rotatable bonds is 8. The molecule has 0 aromatic heterocycles. The van der Waals surface area contributed by atoms with Gasteiger partial charge in [0.15, 0.2) is 0 Å². The third kappa shape index (κ3) is 6.07. The number of hydrogen-bond acceptors (Lipinski definition) is 3. The summed E-state index contributed by atoms with van der Waals surface area (Å²) in [4.78, 5) is 26.5. The minimum absolute atomic E-state index is 0.0478. The van der Waals surface area contributed by atoms with Crippen LogP contribution in [0.1, 0.15) is 44.6 Å². The summed E-state index contributed by atoms with van der Waals surface area (Å²) in [7, 11) is 1.63. The zero-order valence-corrected chi connectivity index (χ0v) is 15.4. The third-order valence-corrected chi connectivity index (χ3v) is 4.81. The first kappa shape index (κ1) is 19.3. The highest BCUT2D eigenvalue weighted by Crippen LogP contribution is 2.19. The number of carbonyl (C=O) groups is 2. The van der Waals surface area contributed by atoms with Gasteiger partial charge in [-0.3, -0.25) is 9.59 Å². The predicted octanol–water partition coefficient (Wildman–Crippen LogP) is 2.78. The summed E-state index contributed by atoms with van der Waals surface area (Å²) >= 11 is 0. The highest BCUT2D eigenvalue weighted by Gasteiger charge is 2.27. The number of likely N-dealkylation sites (tertiary alicyclic amines) is 1. The number of nitrogens with one attached hydrogen (secondary N) is 1. The molecule has 5 nitrogen and oxygen atoms in total. The van der Waals surface area contributed by atoms with Crippen molar-refractivity contribution < 1.29 is 14.3 Å². The van der Waals surface area contributed by atoms with Crippen molar-refractivity contribution in [1.82, 2.24) is 10.2 Å². The van der Waals surface area contributed by atoms with Gasteiger partial charge in [0.05, 0.1) is 13.5 Å². The van der Waals surface area contributed by atoms with E-state index in [-0.39, 0.29) is 17.7 Å². The van der Waals surface area contributed by atoms with Crippen molar-refractivity contribution in [3.63, 3.8) is 0 Å². The number of methoxy groups -OCH3 is 1. The summed E-state index contributed by atoms with van der Waals surface area (Å²) in [6, 6.07) is 7.59. The molecule has 1 aliphatic rings. The van der Waals surface area contributed by atoms with Crippen LogP contribution in [-0.2, 0) is 16.0 Å². The molecule has 0 unspecified atom stereocenters. The number of hydrogen-bond donors (Lipinski definition) is 1. The SMILES string of the molecule is CCCCCNC(=O)C1CCN(C(=O)Cc2ccc(OC)cc2)CC1. The van der Waals surface area contributed by atoms with Crippen LogP contribution >= 0.6 is 0 Å². The Morgan fingerprint density at radius 1 is 1.16 bits per heavy atom. The average molecular weight is 346 g/mol. The molecule has 0 saturated carbocycles. The Bertz CT molecular complexity index is 549. The van der Waals surface area contributed by atoms with E-state index in [1.54, 1.807) is 7.11 Å². The number of ether oxygens (including phenoxy) is 1. The molecule has 0 atom stereocenters. The first-order chi connectivity index (χ1) is 12.1. The van der Waals surface area contributed by atoms with E-state index >= 15 is 0 Å². The molecule has 25 heavy (non-hydrogen) atoms. The van der Waals surface area contributed by atoms with Crippen LogP contribution in [-0.4, -0.2) is 43.5 Å². The van der Waals surface area contributed by atoms with Gasteiger partial charge in [-0.1, -0.05) is 31.9 Å². The molecule has 138 valence electrons. The highest BCUT2D eigenvalue weighted by atomic mass is 16.5. The first-order valence-electron chi connectivity index (χ1n) is 9.32. The Morgan fingerprint density at radius 3 is 2.44 bits per heavy atom. The lowest BCUT2D eigenvalue weighted by atomic mass is 9.95. The normalized spacial score (nSPS) is 15.0. The number of piperidine rings is 1. The van der Waals surface area contributed by atoms with Crippen LogP contribution in [0.25, 0.3) is 0 Å². The van der Waals surface area contributed by atoms with Gasteiger partial charge in [0.1, 0.15) is 5.75 Å². The molecule has 1 fully saturated rings. The molecule has 1 aromatic carbocycles. The fraction of sp³-hybridized carbons (Fsp3) is 0.600. The predicted molar refractivity (Wildman–Crippen MR) is 98.5 cm³/mol. The maximum absolute atomic E-state index is 12.4. The number of carbonyl (C=O) groups excluding carboxylic acids is 2. The summed E-state index contributed by atoms with van der Waals surface area (Å²) in [6.45, 7) is 4.26. The van der Waals surface area contributed by atoms with Crippen LogP contribution in [0, 0.1) is 5.92 Å². The van der Waals surface area contributed by atoms with E-state index in [1.807, 2.05) is 29.2 Å². The number of benzene rings is 1. The number of amides is 2. The number of unbranched alkanes of at least 4 members (excludes halogenated alkanes) is 2. The van der Waals surface area contributed by atoms with E-state index in [2.05, 4.69) is 12.2 Å². The third-order valence-electron chi connectivity index (χ3n) is 4.81. The van der Waals surface area contributed by atoms with Gasteiger partial charge in [-0.2, -0.15) is 0 Å². The molecule has 0 radical (unpaired) electrons. The molecule has 0 aliphatic carbocycles. The van der Waals surface area contributed by atoms with E-state index in [4.69, 9.17) is 4.74 Å². The highest BCUT2D eigenvalue weighted by molar-refractivity contribution is 5.81. The lowest BCUT2D eigenvalue weighted by molar-refractivity contribution is -0.135. The molecule has 2 amide bonds. The maximum Gasteiger partial charge on any atom is 0.226 e. The van der Waals surface area contributed by atoms with Gasteiger partial charge in [0.25, 0.3) is 0 Å². The minimum Gasteiger partial charge on any atom is -0.497 e. The fourth-order valence-corrected chi connectivity index (χ4v) is 3.15. The van der Waals surface area contributed by atoms with Crippen molar-refractivity contribution in [2.45, 2.75) is 45.4 Å². The summed E-state index contributed by atoms with van der Waals surface area (Å²) in [5, 5.41) is 3.03. The van der Waals surface area contributed by atoms with E-state index in [0.717, 1.165) is 50.0 Å². The Morgan fingerprint density at radius 2 is 1.84 bits per heavy atom. The van der Waals surface area contributed by atoms with Crippen LogP contribution in [0.4, 0.5) is 0 Å². The van der Waals surface area contributed by atoms with Gasteiger partial charge in [0.2, 0.25) is 11.8 Å². The maximum atomic E-state index is 12.4. The van der Waals surface area contributed by atoms with Gasteiger partial charge in [-0.05, 0) is 37.0 Å². The second-order valence-electron chi connectivity index (χ2n) is 6.68. The fourth-order valence-electron chi connectivity index (χ4n) is 3.15. The summed E-state index contributed by atoms with van der Waals surface area (Å²) in [5.41, 5.74) is 0.988. The molecule has 0 bridgehead atoms. The zero-order chi connectivity index (χ0) is 18.1. The molecule has 5 heteroatoms. The number of nitrogens with zero attached hydrogens (tertiary/aromatic N) is 1. The van der Waals surface area contributed by atoms with Gasteiger partial charge in [-0.25, -0.2) is 0 Å². The monoisotopic (exact) mass is 346 g/mol. The molecule has 0 spiro atoms. The largest absolute Gasteiger partial charge is 0.497 e. The van der Waals surface area contributed by atoms with Crippen LogP contribution < -0.4 is 10.1 Å². The minimum atomic E-state index is 0.0478. The van der Waals surface area contributed by atoms with Crippen LogP contribution in [0.5, 0.6) is 5.75 Å². The summed E-state index contributed by atoms with van der Waals surface area (Å²) in [6.07, 6.45) is 5.27. The molecule has 1 aromatic rings. The lowest BCUT2D eigenvalue weighted by Gasteiger charge is -2.31. The molecule has 1 heterocycles. The topological polar surface area (TPSA) is 58.6 Å². The van der Waals surface area contributed by atoms with Gasteiger partial charge in [-0.15, -0.1) is 0 Å². The lowest BCUT2D eigenvalue weighted by Crippen LogP contribution is -2.43. The summed E-state index contributed by atoms with van der Waals surface area (Å²) < 4.78 is 5.13. The molecule has 1 aliphatic heterocycles. The molecular formula is C20H30N2O3. The van der Waals surface area contributed by atoms with Crippen LogP contribution in [0.15, 0.2) is 24.3 Å². The average Bonchev–Trinajstić information content (AvgIpc) is 2.66. The Labute approximate surface area is 150 Å². The zero-order valence-electron chi connectivity index (χ0n) is 15.4. The Hall–Kier alpha value is -2.04. The Balaban J connectivity index is 1.73. The molecule has 1 saturated heterocycles. The van der Waals surface area contributed by atoms with Crippen molar-refractivity contribution in [3.05, 3.63) is 29.8 Å². The smallest absolute Gasteiger partial charge is 0.226 e. The van der Waals surface area contributed by atoms with E-state index < -0.39 is 0 Å². The second-order valence-corrected chi connectivity index (χ2v) is 6.68. The van der Waals surface area contributed by atoms with Gasteiger partial charge < -0.3 is 15.0 Å². The van der Waals surface area contributed by atoms with E-state index in [1.165, 1.54) is 0 Å². The molecule has 2 rings (SSSR count). The van der Waals surface area contributed by atoms with Gasteiger partial charge >= 0.3 is 0 Å². The van der Waals surface area contributed by atoms with Crippen molar-refractivity contribution >= 4 is 11.8 Å². The second kappa shape index (κ2) is 10.1. The van der Waals surface area contributed by atoms with Crippen molar-refractivity contribution in [2.75, 3.05) is 26.7 Å². The first-order valence-corrected chi connectivity index (χ1v) is 9.32. The molecule has 1 N–H and O–H groups in total. The Kier molecular flexibility index (Phi) is 7.76. The van der Waals surface area contributed by atoms with Crippen molar-refractivity contribution in [2.24, 2.45) is 5.92 Å².